The zero-order valence-corrected chi connectivity index (χ0v) is 22.0. The number of carbonyl (C=O) groups is 1. The first-order valence-electron chi connectivity index (χ1n) is 11.2. The minimum atomic E-state index is -0.374. The molecule has 34 heavy (non-hydrogen) atoms. The van der Waals surface area contributed by atoms with Gasteiger partial charge in [-0.1, -0.05) is 41.5 Å². The molecule has 0 fully saturated rings. The number of benzene rings is 2. The van der Waals surface area contributed by atoms with Crippen molar-refractivity contribution in [1.29, 1.82) is 0 Å². The van der Waals surface area contributed by atoms with Gasteiger partial charge in [-0.05, 0) is 35.1 Å². The number of hydrogen-bond donors (Lipinski definition) is 0. The van der Waals surface area contributed by atoms with Gasteiger partial charge in [0.15, 0.2) is 24.3 Å². The zero-order chi connectivity index (χ0) is 25.8. The second-order valence-electron chi connectivity index (χ2n) is 10.3. The fourth-order valence-corrected chi connectivity index (χ4v) is 3.71. The van der Waals surface area contributed by atoms with Crippen molar-refractivity contribution in [3.05, 3.63) is 51.7 Å². The third-order valence-corrected chi connectivity index (χ3v) is 5.33. The van der Waals surface area contributed by atoms with E-state index in [2.05, 4.69) is 41.5 Å². The first-order chi connectivity index (χ1) is 15.7. The normalized spacial score (nSPS) is 12.4. The molecule has 0 unspecified atom stereocenters. The van der Waals surface area contributed by atoms with Crippen LogP contribution in [0, 0.1) is 5.21 Å². The van der Waals surface area contributed by atoms with E-state index >= 15 is 0 Å². The van der Waals surface area contributed by atoms with Crippen molar-refractivity contribution in [3.63, 3.8) is 0 Å². The van der Waals surface area contributed by atoms with Crippen LogP contribution in [0.4, 0.5) is 0 Å². The van der Waals surface area contributed by atoms with Gasteiger partial charge in [0.05, 0.1) is 21.3 Å². The molecule has 0 aliphatic rings. The Morgan fingerprint density at radius 1 is 0.853 bits per heavy atom. The molecule has 0 radical (unpaired) electrons. The first kappa shape index (κ1) is 27.0. The molecule has 2 rings (SSSR count). The van der Waals surface area contributed by atoms with E-state index in [-0.39, 0.29) is 23.3 Å². The van der Waals surface area contributed by atoms with E-state index in [0.717, 1.165) is 21.4 Å². The molecule has 0 saturated carbocycles. The molecule has 0 saturated heterocycles. The Hall–Kier alpha value is -3.22. The van der Waals surface area contributed by atoms with Crippen LogP contribution in [0.5, 0.6) is 23.0 Å². The fraction of sp³-hybridized carbons (Fsp3) is 0.481. The highest BCUT2D eigenvalue weighted by molar-refractivity contribution is 5.79. The molecule has 0 spiro atoms. The lowest BCUT2D eigenvalue weighted by atomic mass is 9.78. The number of hydrogen-bond acceptors (Lipinski definition) is 6. The molecule has 0 amide bonds. The van der Waals surface area contributed by atoms with Crippen LogP contribution in [0.1, 0.15) is 70.7 Å². The summed E-state index contributed by atoms with van der Waals surface area (Å²) < 4.78 is 22.7. The third kappa shape index (κ3) is 6.43. The van der Waals surface area contributed by atoms with Gasteiger partial charge >= 0.3 is 5.97 Å². The van der Waals surface area contributed by atoms with Crippen LogP contribution in [-0.2, 0) is 22.2 Å². The SMILES string of the molecule is COc1cc(C/[N+]([O-])=C/c2cc(C(C)(C)C)c(OC(C)=O)c(C(C)(C)C)c2)cc(OC)c1OC. The fourth-order valence-electron chi connectivity index (χ4n) is 3.71. The van der Waals surface area contributed by atoms with Crippen LogP contribution < -0.4 is 18.9 Å². The summed E-state index contributed by atoms with van der Waals surface area (Å²) in [4.78, 5) is 11.9. The number of hydroxylamine groups is 1. The van der Waals surface area contributed by atoms with Crippen LogP contribution in [0.25, 0.3) is 0 Å². The molecule has 0 aliphatic carbocycles. The molecule has 7 nitrogen and oxygen atoms in total. The number of methoxy groups -OCH3 is 3. The van der Waals surface area contributed by atoms with Crippen LogP contribution in [-0.4, -0.2) is 38.3 Å². The average Bonchev–Trinajstić information content (AvgIpc) is 2.71. The Morgan fingerprint density at radius 2 is 1.32 bits per heavy atom. The highest BCUT2D eigenvalue weighted by Crippen LogP contribution is 2.41. The molecule has 0 aliphatic heterocycles. The molecule has 7 heteroatoms. The largest absolute Gasteiger partial charge is 0.624 e. The summed E-state index contributed by atoms with van der Waals surface area (Å²) in [5.74, 6) is 1.63. The predicted molar refractivity (Wildman–Crippen MR) is 134 cm³/mol. The minimum Gasteiger partial charge on any atom is -0.624 e. The summed E-state index contributed by atoms with van der Waals surface area (Å²) in [6.45, 7) is 13.8. The Balaban J connectivity index is 2.59. The monoisotopic (exact) mass is 471 g/mol. The van der Waals surface area contributed by atoms with E-state index in [1.165, 1.54) is 28.3 Å². The van der Waals surface area contributed by atoms with E-state index in [4.69, 9.17) is 18.9 Å². The van der Waals surface area contributed by atoms with E-state index in [9.17, 15) is 10.0 Å². The molecular formula is C27H37NO6. The van der Waals surface area contributed by atoms with E-state index < -0.39 is 0 Å². The van der Waals surface area contributed by atoms with Crippen molar-refractivity contribution < 1.29 is 28.5 Å². The highest BCUT2D eigenvalue weighted by Gasteiger charge is 2.29. The molecule has 0 heterocycles. The van der Waals surface area contributed by atoms with E-state index in [0.29, 0.717) is 28.6 Å². The van der Waals surface area contributed by atoms with Gasteiger partial charge in [-0.3, -0.25) is 4.79 Å². The summed E-state index contributed by atoms with van der Waals surface area (Å²) in [5.41, 5.74) is 2.56. The zero-order valence-electron chi connectivity index (χ0n) is 22.0. The smallest absolute Gasteiger partial charge is 0.308 e. The molecule has 0 N–H and O–H groups in total. The number of nitrogens with zero attached hydrogens (tertiary/aromatic N) is 1. The van der Waals surface area contributed by atoms with Crippen LogP contribution in [0.3, 0.4) is 0 Å². The second-order valence-corrected chi connectivity index (χ2v) is 10.3. The van der Waals surface area contributed by atoms with Gasteiger partial charge in [0.1, 0.15) is 5.75 Å². The third-order valence-electron chi connectivity index (χ3n) is 5.33. The number of rotatable bonds is 7. The quantitative estimate of drug-likeness (QED) is 0.135. The van der Waals surface area contributed by atoms with Gasteiger partial charge in [-0.2, -0.15) is 0 Å². The topological polar surface area (TPSA) is 80.1 Å². The van der Waals surface area contributed by atoms with Gasteiger partial charge < -0.3 is 24.2 Å². The van der Waals surface area contributed by atoms with Gasteiger partial charge in [0.2, 0.25) is 5.75 Å². The number of carbonyl (C=O) groups excluding carboxylic acids is 1. The summed E-state index contributed by atoms with van der Waals surface area (Å²) in [6, 6.07) is 7.33. The Morgan fingerprint density at radius 3 is 1.68 bits per heavy atom. The van der Waals surface area contributed by atoms with Crippen molar-refractivity contribution in [1.82, 2.24) is 0 Å². The molecule has 0 atom stereocenters. The van der Waals surface area contributed by atoms with Gasteiger partial charge in [-0.25, -0.2) is 4.74 Å². The summed E-state index contributed by atoms with van der Waals surface area (Å²) in [6.07, 6.45) is 1.55. The van der Waals surface area contributed by atoms with Crippen LogP contribution >= 0.6 is 0 Å². The van der Waals surface area contributed by atoms with Gasteiger partial charge in [-0.15, -0.1) is 0 Å². The van der Waals surface area contributed by atoms with Crippen molar-refractivity contribution in [3.8, 4) is 23.0 Å². The minimum absolute atomic E-state index is 0.0815. The lowest BCUT2D eigenvalue weighted by Gasteiger charge is -2.29. The Labute approximate surface area is 202 Å². The Kier molecular flexibility index (Phi) is 8.24. The first-order valence-corrected chi connectivity index (χ1v) is 11.2. The van der Waals surface area contributed by atoms with E-state index in [1.807, 2.05) is 12.1 Å². The summed E-state index contributed by atoms with van der Waals surface area (Å²) >= 11 is 0. The molecule has 0 aromatic heterocycles. The summed E-state index contributed by atoms with van der Waals surface area (Å²) in [5, 5.41) is 13.0. The predicted octanol–water partition coefficient (Wildman–Crippen LogP) is 5.36. The lowest BCUT2D eigenvalue weighted by molar-refractivity contribution is -0.469. The lowest BCUT2D eigenvalue weighted by Crippen LogP contribution is -2.22. The van der Waals surface area contributed by atoms with E-state index in [1.54, 1.807) is 18.3 Å². The Bertz CT molecular complexity index is 1010. The van der Waals surface area contributed by atoms with Gasteiger partial charge in [0.25, 0.3) is 0 Å². The van der Waals surface area contributed by atoms with Crippen LogP contribution in [0.2, 0.25) is 0 Å². The maximum Gasteiger partial charge on any atom is 0.308 e. The highest BCUT2D eigenvalue weighted by atomic mass is 16.5. The van der Waals surface area contributed by atoms with Gasteiger partial charge in [0, 0.05) is 29.2 Å². The van der Waals surface area contributed by atoms with Crippen LogP contribution in [0.15, 0.2) is 24.3 Å². The van der Waals surface area contributed by atoms with Crippen molar-refractivity contribution in [2.24, 2.45) is 0 Å². The molecule has 0 bridgehead atoms. The van der Waals surface area contributed by atoms with Crippen molar-refractivity contribution >= 4 is 12.2 Å². The van der Waals surface area contributed by atoms with Crippen molar-refractivity contribution in [2.45, 2.75) is 65.8 Å². The standard InChI is InChI=1S/C27H37NO6/c1-17(29)34-24-20(26(2,3)4)11-18(12-21(24)27(5,6)7)15-28(30)16-19-13-22(31-8)25(33-10)23(14-19)32-9/h11-15H,16H2,1-10H3/b28-15-. The van der Waals surface area contributed by atoms with Crippen molar-refractivity contribution in [2.75, 3.05) is 21.3 Å². The maximum absolute atomic E-state index is 13.0. The maximum atomic E-state index is 13.0. The summed E-state index contributed by atoms with van der Waals surface area (Å²) in [7, 11) is 4.61. The molecule has 2 aromatic carbocycles. The molecule has 2 aromatic rings. The second kappa shape index (κ2) is 10.4. The molecule has 186 valence electrons. The number of esters is 1. The average molecular weight is 472 g/mol. The number of ether oxygens (including phenoxy) is 4. The molecular weight excluding hydrogens is 434 g/mol.